The summed E-state index contributed by atoms with van der Waals surface area (Å²) in [7, 11) is 0. The van der Waals surface area contributed by atoms with Crippen molar-refractivity contribution in [3.05, 3.63) is 92.7 Å². The number of hydrogen-bond donors (Lipinski definition) is 2. The fraction of sp³-hybridized carbons (Fsp3) is 0.185. The summed E-state index contributed by atoms with van der Waals surface area (Å²) in [6, 6.07) is 7.11. The van der Waals surface area contributed by atoms with E-state index in [4.69, 9.17) is 33.0 Å². The van der Waals surface area contributed by atoms with Crippen molar-refractivity contribution in [3.8, 4) is 17.6 Å². The first-order chi connectivity index (χ1) is 20.1. The smallest absolute Gasteiger partial charge is 0.438 e. The lowest BCUT2D eigenvalue weighted by Gasteiger charge is -2.27. The molecule has 0 heterocycles. The highest BCUT2D eigenvalue weighted by Crippen LogP contribution is 2.42. The van der Waals surface area contributed by atoms with Gasteiger partial charge in [-0.2, -0.15) is 39.5 Å². The van der Waals surface area contributed by atoms with Gasteiger partial charge < -0.3 is 15.2 Å². The number of benzene rings is 3. The van der Waals surface area contributed by atoms with Crippen LogP contribution in [0.25, 0.3) is 0 Å². The van der Waals surface area contributed by atoms with E-state index in [-0.39, 0.29) is 22.5 Å². The van der Waals surface area contributed by atoms with Gasteiger partial charge in [0.15, 0.2) is 12.4 Å². The molecule has 0 bridgehead atoms. The lowest BCUT2D eigenvalue weighted by molar-refractivity contribution is -0.343. The van der Waals surface area contributed by atoms with Gasteiger partial charge in [-0.3, -0.25) is 9.59 Å². The number of ether oxygens (including phenoxy) is 1. The molecular formula is C27H13Cl2F10NO4. The molecule has 3 aromatic carbocycles. The molecule has 17 heteroatoms. The van der Waals surface area contributed by atoms with Crippen LogP contribution >= 0.6 is 23.2 Å². The third kappa shape index (κ3) is 7.93. The van der Waals surface area contributed by atoms with Crippen molar-refractivity contribution >= 4 is 40.6 Å². The number of halogens is 12. The van der Waals surface area contributed by atoms with Crippen molar-refractivity contribution in [3.63, 3.8) is 0 Å². The van der Waals surface area contributed by atoms with E-state index in [9.17, 15) is 53.5 Å². The maximum atomic E-state index is 13.8. The van der Waals surface area contributed by atoms with Gasteiger partial charge in [-0.25, -0.2) is 4.39 Å². The van der Waals surface area contributed by atoms with Gasteiger partial charge in [0.1, 0.15) is 11.6 Å². The van der Waals surface area contributed by atoms with Crippen molar-refractivity contribution in [1.29, 1.82) is 0 Å². The van der Waals surface area contributed by atoms with Crippen LogP contribution < -0.4 is 10.1 Å². The monoisotopic (exact) mass is 675 g/mol. The van der Waals surface area contributed by atoms with Gasteiger partial charge in [0.2, 0.25) is 0 Å². The third-order valence-corrected chi connectivity index (χ3v) is 6.03. The lowest BCUT2D eigenvalue weighted by Crippen LogP contribution is -2.55. The summed E-state index contributed by atoms with van der Waals surface area (Å²) in [5, 5.41) is 10.9. The number of amides is 1. The summed E-state index contributed by atoms with van der Waals surface area (Å²) >= 11 is 11.8. The molecule has 44 heavy (non-hydrogen) atoms. The average Bonchev–Trinajstić information content (AvgIpc) is 2.89. The molecule has 0 radical (unpaired) electrons. The first-order valence-electron chi connectivity index (χ1n) is 11.5. The number of rotatable bonds is 6. The van der Waals surface area contributed by atoms with E-state index in [0.717, 1.165) is 36.3 Å². The van der Waals surface area contributed by atoms with Gasteiger partial charge in [0, 0.05) is 16.1 Å². The second-order valence-corrected chi connectivity index (χ2v) is 9.53. The van der Waals surface area contributed by atoms with Gasteiger partial charge in [-0.05, 0) is 60.5 Å². The highest BCUT2D eigenvalue weighted by Gasteiger charge is 2.70. The Morgan fingerprint density at radius 3 is 2.07 bits per heavy atom. The number of nitrogens with one attached hydrogen (secondary N) is 1. The molecule has 0 aliphatic heterocycles. The van der Waals surface area contributed by atoms with Crippen LogP contribution in [0.2, 0.25) is 10.0 Å². The zero-order valence-corrected chi connectivity index (χ0v) is 22.6. The van der Waals surface area contributed by atoms with Crippen molar-refractivity contribution in [2.75, 3.05) is 11.9 Å². The largest absolute Gasteiger partial charge is 0.483 e. The molecule has 2 N–H and O–H groups in total. The van der Waals surface area contributed by atoms with Crippen LogP contribution in [0.1, 0.15) is 27.0 Å². The number of anilines is 1. The molecule has 234 valence electrons. The fourth-order valence-electron chi connectivity index (χ4n) is 3.33. The predicted octanol–water partition coefficient (Wildman–Crippen LogP) is 7.61. The standard InChI is InChI=1S/C27H13Cl2F10NO4/c28-16-2-4-21(18(11-16)23(42)14-8-15(25(31,32)33)10-17(30)9-14)44-12-22(41)40-20-3-1-13(7-19(20)29)5-6-24(43,26(34,35)36)27(37,38)39/h1-4,7-11,43H,12H2,(H,40,41). The number of alkyl halides is 9. The topological polar surface area (TPSA) is 75.6 Å². The molecule has 0 unspecified atom stereocenters. The molecule has 3 rings (SSSR count). The van der Waals surface area contributed by atoms with E-state index >= 15 is 0 Å². The molecule has 0 fully saturated rings. The minimum atomic E-state index is -6.17. The zero-order chi connectivity index (χ0) is 33.3. The van der Waals surface area contributed by atoms with Crippen molar-refractivity contribution in [1.82, 2.24) is 0 Å². The van der Waals surface area contributed by atoms with Crippen LogP contribution in [0.5, 0.6) is 5.75 Å². The predicted molar refractivity (Wildman–Crippen MR) is 136 cm³/mol. The molecule has 0 saturated carbocycles. The SMILES string of the molecule is O=C(COc1ccc(Cl)cc1C(=O)c1cc(F)cc(C(F)(F)F)c1)Nc1ccc(C#CC(O)(C(F)(F)F)C(F)(F)F)cc1Cl. The minimum Gasteiger partial charge on any atom is -0.483 e. The number of carbonyl (C=O) groups excluding carboxylic acids is 2. The minimum absolute atomic E-state index is 0.0588. The average molecular weight is 676 g/mol. The molecule has 5 nitrogen and oxygen atoms in total. The van der Waals surface area contributed by atoms with Gasteiger partial charge in [-0.15, -0.1) is 0 Å². The summed E-state index contributed by atoms with van der Waals surface area (Å²) in [5.74, 6) is -1.52. The molecule has 0 saturated heterocycles. The molecule has 0 aliphatic rings. The van der Waals surface area contributed by atoms with E-state index in [0.29, 0.717) is 12.1 Å². The highest BCUT2D eigenvalue weighted by molar-refractivity contribution is 6.33. The van der Waals surface area contributed by atoms with Crippen LogP contribution in [-0.4, -0.2) is 41.4 Å². The second-order valence-electron chi connectivity index (χ2n) is 8.68. The van der Waals surface area contributed by atoms with Crippen molar-refractivity contribution < 1.29 is 63.3 Å². The Hall–Kier alpha value is -4.00. The number of carbonyl (C=O) groups is 2. The normalized spacial score (nSPS) is 12.3. The first kappa shape index (κ1) is 34.5. The first-order valence-corrected chi connectivity index (χ1v) is 12.2. The number of hydrogen-bond acceptors (Lipinski definition) is 4. The zero-order valence-electron chi connectivity index (χ0n) is 21.1. The Kier molecular flexibility index (Phi) is 9.83. The maximum Gasteiger partial charge on any atom is 0.438 e. The van der Waals surface area contributed by atoms with E-state index in [1.807, 2.05) is 0 Å². The Labute approximate surface area is 250 Å². The van der Waals surface area contributed by atoms with Crippen LogP contribution in [0.3, 0.4) is 0 Å². The molecule has 3 aromatic rings. The van der Waals surface area contributed by atoms with Crippen LogP contribution in [-0.2, 0) is 11.0 Å². The Morgan fingerprint density at radius 1 is 0.864 bits per heavy atom. The molecule has 0 atom stereocenters. The van der Waals surface area contributed by atoms with E-state index in [1.165, 1.54) is 12.0 Å². The number of ketones is 1. The fourth-order valence-corrected chi connectivity index (χ4v) is 3.73. The van der Waals surface area contributed by atoms with Gasteiger partial charge in [0.05, 0.1) is 21.8 Å². The van der Waals surface area contributed by atoms with Crippen LogP contribution in [0.15, 0.2) is 54.6 Å². The van der Waals surface area contributed by atoms with E-state index in [1.54, 1.807) is 0 Å². The molecule has 1 amide bonds. The van der Waals surface area contributed by atoms with Gasteiger partial charge in [-0.1, -0.05) is 29.1 Å². The van der Waals surface area contributed by atoms with E-state index < -0.39 is 75.5 Å². The van der Waals surface area contributed by atoms with Crippen LogP contribution in [0.4, 0.5) is 49.6 Å². The van der Waals surface area contributed by atoms with E-state index in [2.05, 4.69) is 5.32 Å². The highest BCUT2D eigenvalue weighted by atomic mass is 35.5. The summed E-state index contributed by atoms with van der Waals surface area (Å²) in [6.07, 6.45) is -17.3. The summed E-state index contributed by atoms with van der Waals surface area (Å²) in [5.41, 5.74) is -8.59. The van der Waals surface area contributed by atoms with Crippen LogP contribution in [0, 0.1) is 17.7 Å². The maximum absolute atomic E-state index is 13.8. The lowest BCUT2D eigenvalue weighted by atomic mass is 10.00. The Morgan fingerprint density at radius 2 is 1.50 bits per heavy atom. The Balaban J connectivity index is 1.78. The van der Waals surface area contributed by atoms with Gasteiger partial charge >= 0.3 is 24.1 Å². The van der Waals surface area contributed by atoms with Crippen molar-refractivity contribution in [2.45, 2.75) is 24.1 Å². The summed E-state index contributed by atoms with van der Waals surface area (Å²) in [4.78, 5) is 25.4. The molecular weight excluding hydrogens is 663 g/mol. The second kappa shape index (κ2) is 12.5. The quantitative estimate of drug-likeness (QED) is 0.160. The molecule has 0 aliphatic carbocycles. The Bertz CT molecular complexity index is 1640. The third-order valence-electron chi connectivity index (χ3n) is 5.48. The number of aliphatic hydroxyl groups is 1. The summed E-state index contributed by atoms with van der Waals surface area (Å²) < 4.78 is 135. The summed E-state index contributed by atoms with van der Waals surface area (Å²) in [6.45, 7) is -0.860. The van der Waals surface area contributed by atoms with Gasteiger partial charge in [0.25, 0.3) is 5.91 Å². The van der Waals surface area contributed by atoms with Crippen molar-refractivity contribution in [2.24, 2.45) is 0 Å². The molecule has 0 spiro atoms. The molecule has 0 aromatic heterocycles.